The van der Waals surface area contributed by atoms with Crippen LogP contribution in [0.5, 0.6) is 0 Å². The molecule has 2 saturated heterocycles. The Kier molecular flexibility index (Phi) is 4.39. The highest BCUT2D eigenvalue weighted by Gasteiger charge is 2.38. The molecular formula is C18H21ClN4O. The molecule has 24 heavy (non-hydrogen) atoms. The van der Waals surface area contributed by atoms with Crippen LogP contribution in [-0.4, -0.2) is 46.6 Å². The number of nitrogens with zero attached hydrogens (tertiary/aromatic N) is 3. The quantitative estimate of drug-likeness (QED) is 0.927. The van der Waals surface area contributed by atoms with Crippen LogP contribution in [-0.2, 0) is 4.74 Å². The minimum atomic E-state index is 0.158. The zero-order valence-corrected chi connectivity index (χ0v) is 14.4. The molecule has 3 atom stereocenters. The van der Waals surface area contributed by atoms with Crippen LogP contribution in [0.2, 0.25) is 5.02 Å². The smallest absolute Gasteiger partial charge is 0.148 e. The Morgan fingerprint density at radius 1 is 1.25 bits per heavy atom. The lowest BCUT2D eigenvalue weighted by atomic mass is 10.1. The largest absolute Gasteiger partial charge is 0.371 e. The van der Waals surface area contributed by atoms with Crippen molar-refractivity contribution < 1.29 is 4.74 Å². The van der Waals surface area contributed by atoms with E-state index in [2.05, 4.69) is 44.5 Å². The van der Waals surface area contributed by atoms with Crippen molar-refractivity contribution in [1.29, 1.82) is 0 Å². The number of halogens is 1. The van der Waals surface area contributed by atoms with Gasteiger partial charge >= 0.3 is 0 Å². The van der Waals surface area contributed by atoms with E-state index >= 15 is 0 Å². The summed E-state index contributed by atoms with van der Waals surface area (Å²) in [5.41, 5.74) is 1.25. The molecule has 0 aliphatic carbocycles. The van der Waals surface area contributed by atoms with E-state index in [9.17, 15) is 0 Å². The average molecular weight is 345 g/mol. The van der Waals surface area contributed by atoms with Gasteiger partial charge in [-0.2, -0.15) is 0 Å². The van der Waals surface area contributed by atoms with Crippen LogP contribution in [0.4, 0.5) is 5.82 Å². The Bertz CT molecular complexity index is 711. The van der Waals surface area contributed by atoms with Crippen molar-refractivity contribution in [2.24, 2.45) is 0 Å². The first-order valence-corrected chi connectivity index (χ1v) is 8.73. The summed E-state index contributed by atoms with van der Waals surface area (Å²) in [5.74, 6) is 1.46. The molecule has 6 heteroatoms. The van der Waals surface area contributed by atoms with Gasteiger partial charge < -0.3 is 10.1 Å². The summed E-state index contributed by atoms with van der Waals surface area (Å²) in [6.45, 7) is 4.56. The zero-order valence-electron chi connectivity index (χ0n) is 13.7. The minimum absolute atomic E-state index is 0.158. The SMILES string of the molecule is Cc1ncc(Cl)c(N[C@@H]2C[C@H]3CO[C@@H](c4ccccc4)CN3C2)n1. The van der Waals surface area contributed by atoms with Gasteiger partial charge in [-0.1, -0.05) is 41.9 Å². The topological polar surface area (TPSA) is 50.3 Å². The van der Waals surface area contributed by atoms with Gasteiger partial charge in [0.05, 0.1) is 18.9 Å². The molecule has 0 amide bonds. The van der Waals surface area contributed by atoms with Crippen molar-refractivity contribution in [3.05, 3.63) is 52.9 Å². The van der Waals surface area contributed by atoms with Crippen LogP contribution >= 0.6 is 11.6 Å². The lowest BCUT2D eigenvalue weighted by Gasteiger charge is -2.35. The number of hydrogen-bond donors (Lipinski definition) is 1. The summed E-state index contributed by atoms with van der Waals surface area (Å²) in [6.07, 6.45) is 2.86. The number of benzene rings is 1. The number of aromatic nitrogens is 2. The van der Waals surface area contributed by atoms with E-state index in [0.29, 0.717) is 17.1 Å². The molecule has 2 aromatic rings. The van der Waals surface area contributed by atoms with Crippen molar-refractivity contribution in [1.82, 2.24) is 14.9 Å². The maximum Gasteiger partial charge on any atom is 0.148 e. The van der Waals surface area contributed by atoms with Gasteiger partial charge in [0.25, 0.3) is 0 Å². The van der Waals surface area contributed by atoms with Gasteiger partial charge in [-0.15, -0.1) is 0 Å². The predicted molar refractivity (Wildman–Crippen MR) is 94.3 cm³/mol. The maximum atomic E-state index is 6.20. The highest BCUT2D eigenvalue weighted by molar-refractivity contribution is 6.32. The van der Waals surface area contributed by atoms with Crippen molar-refractivity contribution in [2.75, 3.05) is 25.0 Å². The lowest BCUT2D eigenvalue weighted by molar-refractivity contribution is -0.0501. The van der Waals surface area contributed by atoms with Gasteiger partial charge in [0.15, 0.2) is 0 Å². The molecule has 1 N–H and O–H groups in total. The summed E-state index contributed by atoms with van der Waals surface area (Å²) in [5, 5.41) is 4.05. The van der Waals surface area contributed by atoms with Crippen molar-refractivity contribution >= 4 is 17.4 Å². The first kappa shape index (κ1) is 15.8. The Labute approximate surface area is 147 Å². The van der Waals surface area contributed by atoms with E-state index in [1.165, 1.54) is 5.56 Å². The van der Waals surface area contributed by atoms with E-state index in [4.69, 9.17) is 16.3 Å². The van der Waals surface area contributed by atoms with Crippen LogP contribution in [0, 0.1) is 6.92 Å². The van der Waals surface area contributed by atoms with Gasteiger partial charge in [0.1, 0.15) is 16.7 Å². The minimum Gasteiger partial charge on any atom is -0.371 e. The Hall–Kier alpha value is -1.69. The van der Waals surface area contributed by atoms with Crippen LogP contribution in [0.25, 0.3) is 0 Å². The van der Waals surface area contributed by atoms with Gasteiger partial charge in [0, 0.05) is 25.2 Å². The molecular weight excluding hydrogens is 324 g/mol. The molecule has 0 unspecified atom stereocenters. The molecule has 2 aliphatic heterocycles. The number of hydrogen-bond acceptors (Lipinski definition) is 5. The van der Waals surface area contributed by atoms with E-state index in [1.54, 1.807) is 6.20 Å². The van der Waals surface area contributed by atoms with Crippen LogP contribution < -0.4 is 5.32 Å². The fourth-order valence-corrected chi connectivity index (χ4v) is 3.74. The second-order valence-corrected chi connectivity index (χ2v) is 6.94. The Morgan fingerprint density at radius 3 is 2.92 bits per heavy atom. The molecule has 4 rings (SSSR count). The summed E-state index contributed by atoms with van der Waals surface area (Å²) >= 11 is 6.20. The van der Waals surface area contributed by atoms with Crippen LogP contribution in [0.1, 0.15) is 23.9 Å². The number of rotatable bonds is 3. The summed E-state index contributed by atoms with van der Waals surface area (Å²) in [4.78, 5) is 11.0. The number of ether oxygens (including phenoxy) is 1. The molecule has 3 heterocycles. The monoisotopic (exact) mass is 344 g/mol. The molecule has 2 fully saturated rings. The van der Waals surface area contributed by atoms with Crippen molar-refractivity contribution in [3.63, 3.8) is 0 Å². The lowest BCUT2D eigenvalue weighted by Crippen LogP contribution is -2.42. The van der Waals surface area contributed by atoms with E-state index in [1.807, 2.05) is 13.0 Å². The molecule has 1 aromatic carbocycles. The molecule has 0 spiro atoms. The number of fused-ring (bicyclic) bond motifs is 1. The number of aryl methyl sites for hydroxylation is 1. The van der Waals surface area contributed by atoms with Gasteiger partial charge in [-0.05, 0) is 18.9 Å². The molecule has 0 bridgehead atoms. The van der Waals surface area contributed by atoms with Gasteiger partial charge in [0.2, 0.25) is 0 Å². The molecule has 0 radical (unpaired) electrons. The highest BCUT2D eigenvalue weighted by Crippen LogP contribution is 2.31. The maximum absolute atomic E-state index is 6.20. The summed E-state index contributed by atoms with van der Waals surface area (Å²) in [6, 6.07) is 11.2. The molecule has 126 valence electrons. The molecule has 0 saturated carbocycles. The van der Waals surface area contributed by atoms with Crippen molar-refractivity contribution in [2.45, 2.75) is 31.5 Å². The Balaban J connectivity index is 1.42. The molecule has 2 aliphatic rings. The van der Waals surface area contributed by atoms with E-state index in [-0.39, 0.29) is 6.10 Å². The van der Waals surface area contributed by atoms with Gasteiger partial charge in [-0.25, -0.2) is 9.97 Å². The number of anilines is 1. The van der Waals surface area contributed by atoms with E-state index < -0.39 is 0 Å². The molecule has 5 nitrogen and oxygen atoms in total. The fraction of sp³-hybridized carbons (Fsp3) is 0.444. The number of morpholine rings is 1. The van der Waals surface area contributed by atoms with Crippen LogP contribution in [0.15, 0.2) is 36.5 Å². The third-order valence-electron chi connectivity index (χ3n) is 4.79. The third-order valence-corrected chi connectivity index (χ3v) is 5.07. The molecule has 1 aromatic heterocycles. The second kappa shape index (κ2) is 6.67. The van der Waals surface area contributed by atoms with Crippen molar-refractivity contribution in [3.8, 4) is 0 Å². The first-order chi connectivity index (χ1) is 11.7. The summed E-state index contributed by atoms with van der Waals surface area (Å²) < 4.78 is 6.10. The zero-order chi connectivity index (χ0) is 16.5. The predicted octanol–water partition coefficient (Wildman–Crippen LogP) is 3.06. The highest BCUT2D eigenvalue weighted by atomic mass is 35.5. The van der Waals surface area contributed by atoms with Gasteiger partial charge in [-0.3, -0.25) is 4.90 Å². The number of nitrogens with one attached hydrogen (secondary N) is 1. The second-order valence-electron chi connectivity index (χ2n) is 6.53. The fourth-order valence-electron chi connectivity index (χ4n) is 3.60. The third kappa shape index (κ3) is 3.24. The Morgan fingerprint density at radius 2 is 2.08 bits per heavy atom. The van der Waals surface area contributed by atoms with E-state index in [0.717, 1.165) is 37.8 Å². The standard InChI is InChI=1S/C18H21ClN4O/c1-12-20-8-16(19)18(21-12)22-14-7-15-11-24-17(10-23(15)9-14)13-5-3-2-4-6-13/h2-6,8,14-15,17H,7,9-11H2,1H3,(H,20,21,22)/t14-,15+,17-/m1/s1. The summed E-state index contributed by atoms with van der Waals surface area (Å²) in [7, 11) is 0. The average Bonchev–Trinajstić information content (AvgIpc) is 3.00. The van der Waals surface area contributed by atoms with Crippen LogP contribution in [0.3, 0.4) is 0 Å². The first-order valence-electron chi connectivity index (χ1n) is 8.35. The normalized spacial score (nSPS) is 27.0.